The Bertz CT molecular complexity index is 849. The number of aromatic nitrogens is 2. The molecule has 0 bridgehead atoms. The molecule has 4 nitrogen and oxygen atoms in total. The van der Waals surface area contributed by atoms with Gasteiger partial charge in [-0.3, -0.25) is 9.20 Å². The van der Waals surface area contributed by atoms with E-state index in [4.69, 9.17) is 0 Å². The molecular weight excluding hydrogens is 274 g/mol. The molecule has 1 aromatic carbocycles. The molecule has 0 fully saturated rings. The molecule has 0 aliphatic heterocycles. The van der Waals surface area contributed by atoms with E-state index in [9.17, 15) is 4.79 Å². The van der Waals surface area contributed by atoms with Gasteiger partial charge in [0, 0.05) is 12.7 Å². The summed E-state index contributed by atoms with van der Waals surface area (Å²) in [6, 6.07) is 12.1. The number of fused-ring (bicyclic) bond motifs is 1. The van der Waals surface area contributed by atoms with Crippen LogP contribution in [0.5, 0.6) is 0 Å². The van der Waals surface area contributed by atoms with Crippen molar-refractivity contribution < 1.29 is 4.79 Å². The molecule has 0 spiro atoms. The molecule has 1 N–H and O–H groups in total. The van der Waals surface area contributed by atoms with Gasteiger partial charge in [0.1, 0.15) is 11.3 Å². The van der Waals surface area contributed by atoms with E-state index in [1.165, 1.54) is 5.56 Å². The Balaban J connectivity index is 1.85. The highest BCUT2D eigenvalue weighted by atomic mass is 16.1. The van der Waals surface area contributed by atoms with Gasteiger partial charge in [-0.05, 0) is 44.0 Å². The number of imidazole rings is 1. The van der Waals surface area contributed by atoms with Crippen LogP contribution in [0.2, 0.25) is 0 Å². The van der Waals surface area contributed by atoms with Crippen molar-refractivity contribution in [2.75, 3.05) is 0 Å². The number of hydrogen-bond acceptors (Lipinski definition) is 2. The first kappa shape index (κ1) is 14.3. The second kappa shape index (κ2) is 5.64. The van der Waals surface area contributed by atoms with Crippen molar-refractivity contribution in [1.29, 1.82) is 0 Å². The SMILES string of the molecule is Cc1cccc(CNC(=O)c2c(C)nc3cc(C)ccn23)c1. The number of aryl methyl sites for hydroxylation is 3. The number of nitrogens with one attached hydrogen (secondary N) is 1. The maximum Gasteiger partial charge on any atom is 0.270 e. The summed E-state index contributed by atoms with van der Waals surface area (Å²) < 4.78 is 1.84. The van der Waals surface area contributed by atoms with Crippen molar-refractivity contribution in [3.05, 3.63) is 70.7 Å². The van der Waals surface area contributed by atoms with Gasteiger partial charge in [0.05, 0.1) is 5.69 Å². The van der Waals surface area contributed by atoms with Crippen LogP contribution in [-0.4, -0.2) is 15.3 Å². The molecule has 0 saturated carbocycles. The van der Waals surface area contributed by atoms with Crippen LogP contribution in [0, 0.1) is 20.8 Å². The van der Waals surface area contributed by atoms with Crippen LogP contribution < -0.4 is 5.32 Å². The fourth-order valence-electron chi connectivity index (χ4n) is 2.63. The highest BCUT2D eigenvalue weighted by Gasteiger charge is 2.16. The van der Waals surface area contributed by atoms with Gasteiger partial charge >= 0.3 is 0 Å². The molecule has 3 rings (SSSR count). The second-order valence-corrected chi connectivity index (χ2v) is 5.65. The number of hydrogen-bond donors (Lipinski definition) is 1. The predicted molar refractivity (Wildman–Crippen MR) is 87.0 cm³/mol. The summed E-state index contributed by atoms with van der Waals surface area (Å²) in [5, 5.41) is 2.98. The minimum Gasteiger partial charge on any atom is -0.347 e. The lowest BCUT2D eigenvalue weighted by molar-refractivity contribution is 0.0944. The van der Waals surface area contributed by atoms with E-state index in [2.05, 4.69) is 16.4 Å². The van der Waals surface area contributed by atoms with Crippen LogP contribution in [0.15, 0.2) is 42.6 Å². The maximum atomic E-state index is 12.5. The van der Waals surface area contributed by atoms with Crippen molar-refractivity contribution in [3.63, 3.8) is 0 Å². The Morgan fingerprint density at radius 3 is 2.68 bits per heavy atom. The number of carbonyl (C=O) groups is 1. The molecule has 0 saturated heterocycles. The molecule has 2 aromatic heterocycles. The molecule has 0 radical (unpaired) electrons. The number of carbonyl (C=O) groups excluding carboxylic acids is 1. The van der Waals surface area contributed by atoms with E-state index in [-0.39, 0.29) is 5.91 Å². The summed E-state index contributed by atoms with van der Waals surface area (Å²) in [7, 11) is 0. The van der Waals surface area contributed by atoms with Gasteiger partial charge in [-0.25, -0.2) is 4.98 Å². The lowest BCUT2D eigenvalue weighted by atomic mass is 10.1. The Hall–Kier alpha value is -2.62. The van der Waals surface area contributed by atoms with Crippen molar-refractivity contribution in [2.24, 2.45) is 0 Å². The highest BCUT2D eigenvalue weighted by molar-refractivity contribution is 5.94. The van der Waals surface area contributed by atoms with Crippen molar-refractivity contribution in [2.45, 2.75) is 27.3 Å². The molecule has 0 atom stereocenters. The van der Waals surface area contributed by atoms with Crippen molar-refractivity contribution in [1.82, 2.24) is 14.7 Å². The van der Waals surface area contributed by atoms with Gasteiger partial charge in [-0.15, -0.1) is 0 Å². The van der Waals surface area contributed by atoms with E-state index in [0.29, 0.717) is 12.2 Å². The number of amides is 1. The van der Waals surface area contributed by atoms with Crippen LogP contribution in [-0.2, 0) is 6.54 Å². The number of nitrogens with zero attached hydrogens (tertiary/aromatic N) is 2. The molecule has 112 valence electrons. The fraction of sp³-hybridized carbons (Fsp3) is 0.222. The topological polar surface area (TPSA) is 46.4 Å². The first-order valence-corrected chi connectivity index (χ1v) is 7.33. The van der Waals surface area contributed by atoms with Gasteiger partial charge in [-0.1, -0.05) is 29.8 Å². The largest absolute Gasteiger partial charge is 0.347 e. The Labute approximate surface area is 129 Å². The average Bonchev–Trinajstić information content (AvgIpc) is 2.80. The average molecular weight is 293 g/mol. The van der Waals surface area contributed by atoms with Crippen LogP contribution in [0.4, 0.5) is 0 Å². The third-order valence-electron chi connectivity index (χ3n) is 3.71. The zero-order chi connectivity index (χ0) is 15.7. The Morgan fingerprint density at radius 2 is 1.91 bits per heavy atom. The third kappa shape index (κ3) is 2.72. The lowest BCUT2D eigenvalue weighted by Crippen LogP contribution is -2.25. The summed E-state index contributed by atoms with van der Waals surface area (Å²) in [5.74, 6) is -0.102. The standard InChI is InChI=1S/C18H19N3O/c1-12-5-4-6-15(9-12)11-19-18(22)17-14(3)20-16-10-13(2)7-8-21(16)17/h4-10H,11H2,1-3H3,(H,19,22). The lowest BCUT2D eigenvalue weighted by Gasteiger charge is -2.07. The van der Waals surface area contributed by atoms with E-state index in [1.807, 2.05) is 61.7 Å². The zero-order valence-corrected chi connectivity index (χ0v) is 13.1. The van der Waals surface area contributed by atoms with Gasteiger partial charge in [0.25, 0.3) is 5.91 Å². The summed E-state index contributed by atoms with van der Waals surface area (Å²) >= 11 is 0. The van der Waals surface area contributed by atoms with E-state index >= 15 is 0 Å². The maximum absolute atomic E-state index is 12.5. The molecule has 22 heavy (non-hydrogen) atoms. The summed E-state index contributed by atoms with van der Waals surface area (Å²) in [5.41, 5.74) is 5.56. The third-order valence-corrected chi connectivity index (χ3v) is 3.71. The quantitative estimate of drug-likeness (QED) is 0.806. The number of benzene rings is 1. The smallest absolute Gasteiger partial charge is 0.270 e. The van der Waals surface area contributed by atoms with Crippen LogP contribution in [0.25, 0.3) is 5.65 Å². The van der Waals surface area contributed by atoms with E-state index in [0.717, 1.165) is 22.5 Å². The normalized spacial score (nSPS) is 10.9. The first-order chi connectivity index (χ1) is 10.5. The van der Waals surface area contributed by atoms with E-state index in [1.54, 1.807) is 0 Å². The second-order valence-electron chi connectivity index (χ2n) is 5.65. The van der Waals surface area contributed by atoms with E-state index < -0.39 is 0 Å². The van der Waals surface area contributed by atoms with Gasteiger partial charge in [0.15, 0.2) is 0 Å². The van der Waals surface area contributed by atoms with Crippen LogP contribution in [0.1, 0.15) is 32.9 Å². The predicted octanol–water partition coefficient (Wildman–Crippen LogP) is 3.19. The molecule has 4 heteroatoms. The molecule has 3 aromatic rings. The minimum absolute atomic E-state index is 0.102. The number of rotatable bonds is 3. The Morgan fingerprint density at radius 1 is 1.14 bits per heavy atom. The zero-order valence-electron chi connectivity index (χ0n) is 13.1. The van der Waals surface area contributed by atoms with Crippen LogP contribution in [0.3, 0.4) is 0 Å². The molecule has 0 unspecified atom stereocenters. The summed E-state index contributed by atoms with van der Waals surface area (Å²) in [4.78, 5) is 17.0. The summed E-state index contributed by atoms with van der Waals surface area (Å²) in [6.07, 6.45) is 1.90. The molecule has 0 aliphatic rings. The Kier molecular flexibility index (Phi) is 3.67. The number of pyridine rings is 1. The van der Waals surface area contributed by atoms with Gasteiger partial charge < -0.3 is 5.32 Å². The molecule has 2 heterocycles. The summed E-state index contributed by atoms with van der Waals surface area (Å²) in [6.45, 7) is 6.44. The van der Waals surface area contributed by atoms with Crippen molar-refractivity contribution in [3.8, 4) is 0 Å². The van der Waals surface area contributed by atoms with Gasteiger partial charge in [-0.2, -0.15) is 0 Å². The molecular formula is C18H19N3O. The fourth-order valence-corrected chi connectivity index (χ4v) is 2.63. The first-order valence-electron chi connectivity index (χ1n) is 7.33. The molecule has 0 aliphatic carbocycles. The van der Waals surface area contributed by atoms with Crippen molar-refractivity contribution >= 4 is 11.6 Å². The highest BCUT2D eigenvalue weighted by Crippen LogP contribution is 2.14. The van der Waals surface area contributed by atoms with Gasteiger partial charge in [0.2, 0.25) is 0 Å². The van der Waals surface area contributed by atoms with Crippen LogP contribution >= 0.6 is 0 Å². The minimum atomic E-state index is -0.102. The monoisotopic (exact) mass is 293 g/mol. The molecule has 1 amide bonds.